The van der Waals surface area contributed by atoms with E-state index in [0.717, 1.165) is 20.8 Å². The van der Waals surface area contributed by atoms with Gasteiger partial charge in [-0.3, -0.25) is 10.1 Å². The maximum Gasteiger partial charge on any atom is 0.277 e. The minimum absolute atomic E-state index is 0.121. The number of nitro groups is 1. The van der Waals surface area contributed by atoms with Gasteiger partial charge in [-0.05, 0) is 22.9 Å². The second kappa shape index (κ2) is 5.06. The van der Waals surface area contributed by atoms with Gasteiger partial charge in [-0.25, -0.2) is 0 Å². The first-order chi connectivity index (χ1) is 9.68. The van der Waals surface area contributed by atoms with Crippen LogP contribution in [0.5, 0.6) is 0 Å². The van der Waals surface area contributed by atoms with Crippen molar-refractivity contribution in [2.45, 2.75) is 0 Å². The Morgan fingerprint density at radius 1 is 0.900 bits per heavy atom. The van der Waals surface area contributed by atoms with Gasteiger partial charge in [-0.2, -0.15) is 0 Å². The van der Waals surface area contributed by atoms with Gasteiger partial charge in [0.2, 0.25) is 0 Å². The highest BCUT2D eigenvalue weighted by Gasteiger charge is 2.19. The Hall–Kier alpha value is -2.20. The first-order valence-corrected chi connectivity index (χ1v) is 6.89. The smallest absolute Gasteiger partial charge is 0.258 e. The summed E-state index contributed by atoms with van der Waals surface area (Å²) in [5, 5.41) is 13.2. The van der Waals surface area contributed by atoms with Crippen LogP contribution in [-0.4, -0.2) is 4.92 Å². The molecule has 0 saturated heterocycles. The standard InChI is InChI=1S/C16H10BrNO2/c17-14-8-4-3-7-13(14)16-12-6-2-1-5-11(12)9-10-15(16)18(19)20/h1-10H. The molecule has 0 aromatic heterocycles. The minimum atomic E-state index is -0.332. The van der Waals surface area contributed by atoms with E-state index < -0.39 is 0 Å². The Morgan fingerprint density at radius 3 is 2.35 bits per heavy atom. The molecule has 98 valence electrons. The number of rotatable bonds is 2. The van der Waals surface area contributed by atoms with Gasteiger partial charge in [0.05, 0.1) is 10.5 Å². The van der Waals surface area contributed by atoms with E-state index in [0.29, 0.717) is 5.56 Å². The maximum atomic E-state index is 11.3. The number of nitrogens with zero attached hydrogens (tertiary/aromatic N) is 1. The highest BCUT2D eigenvalue weighted by Crippen LogP contribution is 2.39. The van der Waals surface area contributed by atoms with Crippen LogP contribution >= 0.6 is 15.9 Å². The van der Waals surface area contributed by atoms with Crippen molar-refractivity contribution in [1.82, 2.24) is 0 Å². The van der Waals surface area contributed by atoms with Gasteiger partial charge >= 0.3 is 0 Å². The van der Waals surface area contributed by atoms with Crippen LogP contribution in [0.25, 0.3) is 21.9 Å². The molecule has 0 aliphatic heterocycles. The topological polar surface area (TPSA) is 43.1 Å². The summed E-state index contributed by atoms with van der Waals surface area (Å²) in [6.07, 6.45) is 0. The number of hydrogen-bond donors (Lipinski definition) is 0. The average molecular weight is 328 g/mol. The van der Waals surface area contributed by atoms with Gasteiger partial charge < -0.3 is 0 Å². The van der Waals surface area contributed by atoms with Crippen LogP contribution in [0, 0.1) is 10.1 Å². The van der Waals surface area contributed by atoms with Crippen molar-refractivity contribution >= 4 is 32.4 Å². The summed E-state index contributed by atoms with van der Waals surface area (Å²) in [5.74, 6) is 0. The van der Waals surface area contributed by atoms with E-state index in [2.05, 4.69) is 15.9 Å². The molecule has 0 spiro atoms. The Balaban J connectivity index is 2.45. The molecule has 0 radical (unpaired) electrons. The SMILES string of the molecule is O=[N+]([O-])c1ccc2ccccc2c1-c1ccccc1Br. The monoisotopic (exact) mass is 327 g/mol. The largest absolute Gasteiger partial charge is 0.277 e. The normalized spacial score (nSPS) is 10.7. The van der Waals surface area contributed by atoms with Crippen LogP contribution in [0.3, 0.4) is 0 Å². The summed E-state index contributed by atoms with van der Waals surface area (Å²) in [6.45, 7) is 0. The Kier molecular flexibility index (Phi) is 3.24. The molecular formula is C16H10BrNO2. The summed E-state index contributed by atoms with van der Waals surface area (Å²) in [4.78, 5) is 11.0. The molecule has 0 N–H and O–H groups in total. The van der Waals surface area contributed by atoms with E-state index in [1.54, 1.807) is 12.1 Å². The van der Waals surface area contributed by atoms with Gasteiger partial charge in [0.1, 0.15) is 0 Å². The van der Waals surface area contributed by atoms with Crippen molar-refractivity contribution in [2.24, 2.45) is 0 Å². The lowest BCUT2D eigenvalue weighted by atomic mass is 9.96. The van der Waals surface area contributed by atoms with Gasteiger partial charge in [-0.15, -0.1) is 0 Å². The van der Waals surface area contributed by atoms with Crippen LogP contribution < -0.4 is 0 Å². The highest BCUT2D eigenvalue weighted by atomic mass is 79.9. The summed E-state index contributed by atoms with van der Waals surface area (Å²) < 4.78 is 0.847. The van der Waals surface area contributed by atoms with Gasteiger partial charge in [0.25, 0.3) is 5.69 Å². The predicted molar refractivity (Wildman–Crippen MR) is 83.7 cm³/mol. The Morgan fingerprint density at radius 2 is 1.60 bits per heavy atom. The molecule has 3 aromatic carbocycles. The summed E-state index contributed by atoms with van der Waals surface area (Å²) in [7, 11) is 0. The molecule has 4 heteroatoms. The van der Waals surface area contributed by atoms with Crippen molar-refractivity contribution < 1.29 is 4.92 Å². The molecule has 0 heterocycles. The summed E-state index contributed by atoms with van der Waals surface area (Å²) in [5.41, 5.74) is 1.60. The van der Waals surface area contributed by atoms with E-state index >= 15 is 0 Å². The van der Waals surface area contributed by atoms with Crippen molar-refractivity contribution in [3.8, 4) is 11.1 Å². The fourth-order valence-electron chi connectivity index (χ4n) is 2.36. The zero-order chi connectivity index (χ0) is 14.1. The highest BCUT2D eigenvalue weighted by molar-refractivity contribution is 9.10. The van der Waals surface area contributed by atoms with Gasteiger partial charge in [0.15, 0.2) is 0 Å². The third-order valence-electron chi connectivity index (χ3n) is 3.25. The molecule has 3 nitrogen and oxygen atoms in total. The van der Waals surface area contributed by atoms with Crippen LogP contribution in [0.1, 0.15) is 0 Å². The summed E-state index contributed by atoms with van der Waals surface area (Å²) in [6, 6.07) is 18.6. The van der Waals surface area contributed by atoms with Crippen LogP contribution in [-0.2, 0) is 0 Å². The quantitative estimate of drug-likeness (QED) is 0.481. The lowest BCUT2D eigenvalue weighted by molar-refractivity contribution is -0.384. The maximum absolute atomic E-state index is 11.3. The predicted octanol–water partition coefficient (Wildman–Crippen LogP) is 5.18. The minimum Gasteiger partial charge on any atom is -0.258 e. The number of fused-ring (bicyclic) bond motifs is 1. The number of nitro benzene ring substituents is 1. The van der Waals surface area contributed by atoms with E-state index in [9.17, 15) is 10.1 Å². The second-order valence-corrected chi connectivity index (χ2v) is 5.27. The molecule has 0 aliphatic carbocycles. The Bertz CT molecular complexity index is 814. The average Bonchev–Trinajstić information content (AvgIpc) is 2.46. The van der Waals surface area contributed by atoms with Crippen molar-refractivity contribution in [2.75, 3.05) is 0 Å². The number of halogens is 1. The molecule has 0 atom stereocenters. The molecule has 0 unspecified atom stereocenters. The van der Waals surface area contributed by atoms with Crippen molar-refractivity contribution in [3.63, 3.8) is 0 Å². The van der Waals surface area contributed by atoms with Crippen molar-refractivity contribution in [3.05, 3.63) is 75.3 Å². The molecule has 0 bridgehead atoms. The van der Waals surface area contributed by atoms with E-state index in [1.807, 2.05) is 48.5 Å². The summed E-state index contributed by atoms with van der Waals surface area (Å²) >= 11 is 3.48. The van der Waals surface area contributed by atoms with Crippen LogP contribution in [0.15, 0.2) is 65.1 Å². The van der Waals surface area contributed by atoms with Gasteiger partial charge in [-0.1, -0.05) is 58.4 Å². The fraction of sp³-hybridized carbons (Fsp3) is 0. The van der Waals surface area contributed by atoms with Crippen LogP contribution in [0.4, 0.5) is 5.69 Å². The van der Waals surface area contributed by atoms with E-state index in [4.69, 9.17) is 0 Å². The molecule has 0 aliphatic rings. The van der Waals surface area contributed by atoms with E-state index in [-0.39, 0.29) is 10.6 Å². The molecule has 0 amide bonds. The number of hydrogen-bond acceptors (Lipinski definition) is 2. The molecule has 3 aromatic rings. The van der Waals surface area contributed by atoms with Crippen LogP contribution in [0.2, 0.25) is 0 Å². The third-order valence-corrected chi connectivity index (χ3v) is 3.94. The van der Waals surface area contributed by atoms with E-state index in [1.165, 1.54) is 0 Å². The zero-order valence-electron chi connectivity index (χ0n) is 10.4. The number of benzene rings is 3. The fourth-order valence-corrected chi connectivity index (χ4v) is 2.84. The molecular weight excluding hydrogens is 318 g/mol. The molecule has 20 heavy (non-hydrogen) atoms. The second-order valence-electron chi connectivity index (χ2n) is 4.42. The van der Waals surface area contributed by atoms with Crippen molar-refractivity contribution in [1.29, 1.82) is 0 Å². The van der Waals surface area contributed by atoms with Gasteiger partial charge in [0, 0.05) is 16.1 Å². The molecule has 3 rings (SSSR count). The first-order valence-electron chi connectivity index (χ1n) is 6.09. The lowest BCUT2D eigenvalue weighted by Gasteiger charge is -2.09. The first kappa shape index (κ1) is 12.8. The zero-order valence-corrected chi connectivity index (χ0v) is 12.0. The molecule has 0 saturated carbocycles. The third kappa shape index (κ3) is 2.08. The lowest BCUT2D eigenvalue weighted by Crippen LogP contribution is -1.93. The Labute approximate surface area is 124 Å². The molecule has 0 fully saturated rings.